The Hall–Kier alpha value is -3.72. The molecule has 2 aliphatic rings. The lowest BCUT2D eigenvalue weighted by Crippen LogP contribution is -2.71. The summed E-state index contributed by atoms with van der Waals surface area (Å²) in [5.41, 5.74) is 5.67. The molecule has 13 nitrogen and oxygen atoms in total. The number of anilines is 1. The fourth-order valence-electron chi connectivity index (χ4n) is 3.58. The van der Waals surface area contributed by atoms with E-state index in [1.54, 1.807) is 36.0 Å². The molecule has 2 amide bonds. The minimum Gasteiger partial charge on any atom is -0.543 e. The van der Waals surface area contributed by atoms with E-state index >= 15 is 0 Å². The van der Waals surface area contributed by atoms with Crippen LogP contribution in [-0.2, 0) is 25.8 Å². The number of carbonyl (C=O) groups is 3. The number of hydrogen-bond donors (Lipinski definition) is 2. The number of aromatic nitrogens is 3. The van der Waals surface area contributed by atoms with Crippen LogP contribution in [0.3, 0.4) is 0 Å². The summed E-state index contributed by atoms with van der Waals surface area (Å²) in [6.45, 7) is 2.10. The van der Waals surface area contributed by atoms with Gasteiger partial charge >= 0.3 is 0 Å². The number of nitrogen functional groups attached to an aromatic ring is 1. The standard InChI is InChI=1S/C20H21N7O6S2/c1-3-33-24-12(15-23-20(21)35-25-15)16(28)22-13-17(29)27-14(19(30)31)10(9-34-18(13)27)7-26-6-4-5-11(8-26)32-2/h4-6,8,13,18H,3,7,9H2,1-2H3,(H3-,21,22,23,25,28,30,31)/t13?,18-/m0/s1. The SMILES string of the molecule is CCON=C(C(=O)NC1C(=O)N2C(C(=O)[O-])=C(C[n+]3cccc(OC)c3)CS[C@@H]12)c1nsc(N)n1. The number of carboxylic acid groups (broad SMARTS) is 1. The molecule has 0 saturated carbocycles. The fourth-order valence-corrected chi connectivity index (χ4v) is 5.35. The molecular weight excluding hydrogens is 498 g/mol. The molecule has 1 fully saturated rings. The van der Waals surface area contributed by atoms with Gasteiger partial charge < -0.3 is 30.5 Å². The number of nitrogens with one attached hydrogen (secondary N) is 1. The molecule has 1 saturated heterocycles. The summed E-state index contributed by atoms with van der Waals surface area (Å²) in [7, 11) is 1.53. The number of rotatable bonds is 9. The highest BCUT2D eigenvalue weighted by molar-refractivity contribution is 8.00. The monoisotopic (exact) mass is 519 g/mol. The molecule has 0 aromatic carbocycles. The van der Waals surface area contributed by atoms with Crippen LogP contribution in [-0.4, -0.2) is 68.6 Å². The number of nitrogens with two attached hydrogens (primary N) is 1. The summed E-state index contributed by atoms with van der Waals surface area (Å²) < 4.78 is 10.9. The predicted molar refractivity (Wildman–Crippen MR) is 123 cm³/mol. The molecule has 0 bridgehead atoms. The first kappa shape index (κ1) is 24.4. The quantitative estimate of drug-likeness (QED) is 0.167. The number of ether oxygens (including phenoxy) is 1. The fraction of sp³-hybridized carbons (Fsp3) is 0.350. The second kappa shape index (κ2) is 10.3. The van der Waals surface area contributed by atoms with Crippen molar-refractivity contribution >= 4 is 51.9 Å². The topological polar surface area (TPSA) is 176 Å². The number of amides is 2. The zero-order chi connectivity index (χ0) is 25.1. The number of nitrogens with zero attached hydrogens (tertiary/aromatic N) is 5. The van der Waals surface area contributed by atoms with Gasteiger partial charge in [-0.15, -0.1) is 11.8 Å². The van der Waals surface area contributed by atoms with Gasteiger partial charge in [0.2, 0.25) is 17.7 Å². The average molecular weight is 520 g/mol. The highest BCUT2D eigenvalue weighted by Crippen LogP contribution is 2.40. The highest BCUT2D eigenvalue weighted by Gasteiger charge is 2.53. The van der Waals surface area contributed by atoms with Crippen LogP contribution in [0.5, 0.6) is 5.75 Å². The summed E-state index contributed by atoms with van der Waals surface area (Å²) in [6.07, 6.45) is 3.48. The van der Waals surface area contributed by atoms with Crippen molar-refractivity contribution in [3.63, 3.8) is 0 Å². The second-order valence-electron chi connectivity index (χ2n) is 7.33. The number of fused-ring (bicyclic) bond motifs is 1. The van der Waals surface area contributed by atoms with Crippen LogP contribution in [0, 0.1) is 0 Å². The van der Waals surface area contributed by atoms with Gasteiger partial charge in [-0.1, -0.05) is 5.16 Å². The van der Waals surface area contributed by atoms with Gasteiger partial charge in [-0.2, -0.15) is 13.9 Å². The van der Waals surface area contributed by atoms with E-state index in [4.69, 9.17) is 15.3 Å². The Morgan fingerprint density at radius 3 is 2.91 bits per heavy atom. The number of pyridine rings is 1. The molecule has 15 heteroatoms. The zero-order valence-electron chi connectivity index (χ0n) is 18.7. The van der Waals surface area contributed by atoms with E-state index < -0.39 is 29.2 Å². The zero-order valence-corrected chi connectivity index (χ0v) is 20.3. The second-order valence-corrected chi connectivity index (χ2v) is 9.22. The van der Waals surface area contributed by atoms with Crippen molar-refractivity contribution in [3.05, 3.63) is 41.6 Å². The lowest BCUT2D eigenvalue weighted by molar-refractivity contribution is -0.689. The normalized spacial score (nSPS) is 19.7. The number of hydrogen-bond acceptors (Lipinski definition) is 12. The molecule has 0 radical (unpaired) electrons. The largest absolute Gasteiger partial charge is 0.543 e. The number of thioether (sulfide) groups is 1. The van der Waals surface area contributed by atoms with Crippen molar-refractivity contribution in [2.24, 2.45) is 5.16 Å². The molecule has 2 aromatic rings. The summed E-state index contributed by atoms with van der Waals surface area (Å²) in [4.78, 5) is 47.9. The maximum absolute atomic E-state index is 12.9. The van der Waals surface area contributed by atoms with Gasteiger partial charge in [-0.25, -0.2) is 0 Å². The Balaban J connectivity index is 1.53. The number of carboxylic acids is 1. The summed E-state index contributed by atoms with van der Waals surface area (Å²) >= 11 is 2.21. The number of β-lactam (4-membered cyclic amide) rings is 1. The van der Waals surface area contributed by atoms with Crippen LogP contribution >= 0.6 is 23.3 Å². The molecule has 3 N–H and O–H groups in total. The van der Waals surface area contributed by atoms with E-state index in [2.05, 4.69) is 19.8 Å². The van der Waals surface area contributed by atoms with E-state index in [1.165, 1.54) is 18.9 Å². The van der Waals surface area contributed by atoms with Crippen molar-refractivity contribution in [1.29, 1.82) is 0 Å². The van der Waals surface area contributed by atoms with Gasteiger partial charge in [-0.05, 0) is 13.0 Å². The summed E-state index contributed by atoms with van der Waals surface area (Å²) in [5.74, 6) is -1.90. The van der Waals surface area contributed by atoms with Crippen LogP contribution in [0.1, 0.15) is 12.7 Å². The van der Waals surface area contributed by atoms with Gasteiger partial charge in [0, 0.05) is 28.9 Å². The number of methoxy groups -OCH3 is 1. The maximum atomic E-state index is 12.9. The van der Waals surface area contributed by atoms with Gasteiger partial charge in [0.1, 0.15) is 18.0 Å². The van der Waals surface area contributed by atoms with E-state index in [-0.39, 0.29) is 35.5 Å². The third-order valence-corrected chi connectivity index (χ3v) is 7.00. The lowest BCUT2D eigenvalue weighted by atomic mass is 10.0. The van der Waals surface area contributed by atoms with Crippen LogP contribution in [0.15, 0.2) is 41.0 Å². The van der Waals surface area contributed by atoms with Gasteiger partial charge in [0.15, 0.2) is 23.6 Å². The van der Waals surface area contributed by atoms with Crippen LogP contribution < -0.4 is 25.5 Å². The van der Waals surface area contributed by atoms with Crippen molar-refractivity contribution < 1.29 is 33.6 Å². The van der Waals surface area contributed by atoms with Crippen LogP contribution in [0.2, 0.25) is 0 Å². The van der Waals surface area contributed by atoms with Crippen molar-refractivity contribution in [2.45, 2.75) is 24.9 Å². The minimum absolute atomic E-state index is 0.0358. The summed E-state index contributed by atoms with van der Waals surface area (Å²) in [5, 5.41) is 17.9. The molecule has 0 spiro atoms. The van der Waals surface area contributed by atoms with Crippen LogP contribution in [0.25, 0.3) is 0 Å². The minimum atomic E-state index is -1.47. The Labute approximate surface area is 207 Å². The molecule has 2 aromatic heterocycles. The molecule has 2 aliphatic heterocycles. The van der Waals surface area contributed by atoms with Crippen LogP contribution in [0.4, 0.5) is 5.13 Å². The molecule has 2 atom stereocenters. The lowest BCUT2D eigenvalue weighted by Gasteiger charge is -2.50. The van der Waals surface area contributed by atoms with Gasteiger partial charge in [0.05, 0.1) is 18.8 Å². The van der Waals surface area contributed by atoms with Crippen molar-refractivity contribution in [3.8, 4) is 5.75 Å². The molecular formula is C20H21N7O6S2. The average Bonchev–Trinajstić information content (AvgIpc) is 3.28. The Morgan fingerprint density at radius 1 is 1.46 bits per heavy atom. The van der Waals surface area contributed by atoms with E-state index in [1.807, 2.05) is 0 Å². The molecule has 1 unspecified atom stereocenters. The Morgan fingerprint density at radius 2 is 2.26 bits per heavy atom. The highest BCUT2D eigenvalue weighted by atomic mass is 32.2. The van der Waals surface area contributed by atoms with Crippen molar-refractivity contribution in [1.82, 2.24) is 19.6 Å². The van der Waals surface area contributed by atoms with Gasteiger partial charge in [-0.3, -0.25) is 14.5 Å². The first-order valence-electron chi connectivity index (χ1n) is 10.4. The maximum Gasteiger partial charge on any atom is 0.278 e. The molecule has 184 valence electrons. The summed E-state index contributed by atoms with van der Waals surface area (Å²) in [6, 6.07) is 2.56. The van der Waals surface area contributed by atoms with E-state index in [0.29, 0.717) is 17.1 Å². The Kier molecular flexibility index (Phi) is 7.16. The molecule has 35 heavy (non-hydrogen) atoms. The molecule has 0 aliphatic carbocycles. The molecule has 4 rings (SSSR count). The number of carbonyl (C=O) groups excluding carboxylic acids is 3. The van der Waals surface area contributed by atoms with E-state index in [0.717, 1.165) is 16.4 Å². The third-order valence-electron chi connectivity index (χ3n) is 5.12. The Bertz CT molecular complexity index is 1230. The predicted octanol–water partition coefficient (Wildman–Crippen LogP) is -1.74. The third kappa shape index (κ3) is 4.90. The number of aliphatic carboxylic acids is 1. The first-order chi connectivity index (χ1) is 16.8. The van der Waals surface area contributed by atoms with E-state index in [9.17, 15) is 19.5 Å². The smallest absolute Gasteiger partial charge is 0.278 e. The molecule has 4 heterocycles. The van der Waals surface area contributed by atoms with Crippen molar-refractivity contribution in [2.75, 3.05) is 25.2 Å². The first-order valence-corrected chi connectivity index (χ1v) is 12.2. The number of oxime groups is 1. The van der Waals surface area contributed by atoms with Gasteiger partial charge in [0.25, 0.3) is 11.8 Å².